The molecule has 0 N–H and O–H groups in total. The Morgan fingerprint density at radius 3 is 3.14 bits per heavy atom. The summed E-state index contributed by atoms with van der Waals surface area (Å²) >= 11 is 1.59. The quantitative estimate of drug-likeness (QED) is 0.746. The van der Waals surface area contributed by atoms with Crippen LogP contribution in [0.3, 0.4) is 0 Å². The summed E-state index contributed by atoms with van der Waals surface area (Å²) < 4.78 is 7.36. The van der Waals surface area contributed by atoms with Crippen LogP contribution in [0.4, 0.5) is 0 Å². The Balaban J connectivity index is 1.69. The normalized spacial score (nSPS) is 13.5. The maximum absolute atomic E-state index is 12.5. The lowest BCUT2D eigenvalue weighted by atomic mass is 10.2. The van der Waals surface area contributed by atoms with E-state index in [1.165, 1.54) is 0 Å². The maximum atomic E-state index is 12.5. The number of thiophene rings is 1. The highest BCUT2D eigenvalue weighted by Gasteiger charge is 2.19. The number of aryl methyl sites for hydroxylation is 2. The van der Waals surface area contributed by atoms with Crippen LogP contribution >= 0.6 is 11.3 Å². The largest absolute Gasteiger partial charge is 0.440 e. The van der Waals surface area contributed by atoms with Crippen molar-refractivity contribution >= 4 is 11.3 Å². The number of fused-ring (bicyclic) bond motifs is 1. The standard InChI is InChI=1S/C16H15N3O2S/c1-10-13(18-15(21-10)14-6-3-7-22-14)8-19-9-17-12-5-2-4-11(12)16(19)20/h3,6-7,9H,2,4-5,8H2,1H3. The fourth-order valence-electron chi connectivity index (χ4n) is 2.82. The first-order valence-electron chi connectivity index (χ1n) is 7.30. The lowest BCUT2D eigenvalue weighted by Gasteiger charge is -2.05. The number of oxazole rings is 1. The molecule has 0 bridgehead atoms. The van der Waals surface area contributed by atoms with Gasteiger partial charge in [-0.1, -0.05) is 6.07 Å². The summed E-state index contributed by atoms with van der Waals surface area (Å²) in [7, 11) is 0. The van der Waals surface area contributed by atoms with Crippen molar-refractivity contribution in [2.45, 2.75) is 32.7 Å². The van der Waals surface area contributed by atoms with Gasteiger partial charge in [0, 0.05) is 5.56 Å². The van der Waals surface area contributed by atoms with E-state index in [4.69, 9.17) is 4.42 Å². The van der Waals surface area contributed by atoms with Gasteiger partial charge in [-0.15, -0.1) is 11.3 Å². The van der Waals surface area contributed by atoms with Crippen LogP contribution in [-0.2, 0) is 19.4 Å². The zero-order valence-electron chi connectivity index (χ0n) is 12.2. The third-order valence-electron chi connectivity index (χ3n) is 4.01. The molecule has 3 heterocycles. The molecule has 1 aliphatic rings. The van der Waals surface area contributed by atoms with Gasteiger partial charge in [0.15, 0.2) is 0 Å². The topological polar surface area (TPSA) is 60.9 Å². The van der Waals surface area contributed by atoms with E-state index in [9.17, 15) is 4.79 Å². The molecule has 0 aliphatic heterocycles. The van der Waals surface area contributed by atoms with Crippen molar-refractivity contribution in [1.82, 2.24) is 14.5 Å². The van der Waals surface area contributed by atoms with Crippen molar-refractivity contribution in [3.05, 3.63) is 56.9 Å². The second kappa shape index (κ2) is 5.21. The molecule has 1 aliphatic carbocycles. The average Bonchev–Trinajstić information content (AvgIpc) is 3.23. The Morgan fingerprint density at radius 1 is 1.41 bits per heavy atom. The van der Waals surface area contributed by atoms with Gasteiger partial charge in [0.05, 0.1) is 23.4 Å². The second-order valence-corrected chi connectivity index (χ2v) is 6.40. The number of aromatic nitrogens is 3. The van der Waals surface area contributed by atoms with Crippen molar-refractivity contribution < 1.29 is 4.42 Å². The molecule has 0 saturated carbocycles. The minimum absolute atomic E-state index is 0.0579. The Bertz CT molecular complexity index is 877. The predicted molar refractivity (Wildman–Crippen MR) is 84.2 cm³/mol. The van der Waals surface area contributed by atoms with E-state index in [0.29, 0.717) is 12.4 Å². The van der Waals surface area contributed by atoms with Crippen LogP contribution in [0.2, 0.25) is 0 Å². The molecule has 22 heavy (non-hydrogen) atoms. The van der Waals surface area contributed by atoms with Crippen molar-refractivity contribution in [1.29, 1.82) is 0 Å². The Labute approximate surface area is 131 Å². The zero-order chi connectivity index (χ0) is 15.1. The monoisotopic (exact) mass is 313 g/mol. The fourth-order valence-corrected chi connectivity index (χ4v) is 3.47. The summed E-state index contributed by atoms with van der Waals surface area (Å²) in [6, 6.07) is 3.94. The highest BCUT2D eigenvalue weighted by Crippen LogP contribution is 2.26. The highest BCUT2D eigenvalue weighted by atomic mass is 32.1. The summed E-state index contributed by atoms with van der Waals surface area (Å²) in [4.78, 5) is 22.4. The SMILES string of the molecule is Cc1oc(-c2cccs2)nc1Cn1cnc2c(c1=O)CCC2. The van der Waals surface area contributed by atoms with Crippen molar-refractivity contribution in [2.75, 3.05) is 0 Å². The summed E-state index contributed by atoms with van der Waals surface area (Å²) in [6.45, 7) is 2.28. The molecule has 3 aromatic heterocycles. The van der Waals surface area contributed by atoms with Crippen LogP contribution < -0.4 is 5.56 Å². The molecule has 0 radical (unpaired) electrons. The molecule has 3 aromatic rings. The number of hydrogen-bond donors (Lipinski definition) is 0. The predicted octanol–water partition coefficient (Wildman–Crippen LogP) is 2.81. The number of rotatable bonds is 3. The van der Waals surface area contributed by atoms with E-state index in [0.717, 1.165) is 46.9 Å². The molecule has 0 amide bonds. The van der Waals surface area contributed by atoms with Crippen LogP contribution in [0.1, 0.15) is 29.1 Å². The van der Waals surface area contributed by atoms with Crippen LogP contribution in [0.5, 0.6) is 0 Å². The first-order chi connectivity index (χ1) is 10.7. The summed E-state index contributed by atoms with van der Waals surface area (Å²) in [5.74, 6) is 1.36. The van der Waals surface area contributed by atoms with E-state index in [-0.39, 0.29) is 5.56 Å². The average molecular weight is 313 g/mol. The zero-order valence-corrected chi connectivity index (χ0v) is 13.0. The minimum atomic E-state index is 0.0579. The van der Waals surface area contributed by atoms with Crippen molar-refractivity contribution in [2.24, 2.45) is 0 Å². The number of hydrogen-bond acceptors (Lipinski definition) is 5. The first kappa shape index (κ1) is 13.5. The molecule has 4 rings (SSSR count). The summed E-state index contributed by atoms with van der Waals surface area (Å²) in [5, 5.41) is 1.99. The first-order valence-corrected chi connectivity index (χ1v) is 8.17. The second-order valence-electron chi connectivity index (χ2n) is 5.46. The molecule has 0 atom stereocenters. The molecule has 5 nitrogen and oxygen atoms in total. The Hall–Kier alpha value is -2.21. The fraction of sp³-hybridized carbons (Fsp3) is 0.312. The third-order valence-corrected chi connectivity index (χ3v) is 4.86. The third kappa shape index (κ3) is 2.20. The van der Waals surface area contributed by atoms with E-state index >= 15 is 0 Å². The van der Waals surface area contributed by atoms with Gasteiger partial charge < -0.3 is 4.42 Å². The molecule has 0 saturated heterocycles. The smallest absolute Gasteiger partial charge is 0.257 e. The van der Waals surface area contributed by atoms with E-state index in [1.54, 1.807) is 22.2 Å². The Morgan fingerprint density at radius 2 is 2.32 bits per heavy atom. The highest BCUT2D eigenvalue weighted by molar-refractivity contribution is 7.13. The number of nitrogens with zero attached hydrogens (tertiary/aromatic N) is 3. The van der Waals surface area contributed by atoms with E-state index in [1.807, 2.05) is 24.4 Å². The molecular formula is C16H15N3O2S. The van der Waals surface area contributed by atoms with E-state index < -0.39 is 0 Å². The molecule has 0 unspecified atom stereocenters. The minimum Gasteiger partial charge on any atom is -0.440 e. The van der Waals surface area contributed by atoms with Gasteiger partial charge in [0.2, 0.25) is 5.89 Å². The van der Waals surface area contributed by atoms with Crippen LogP contribution in [-0.4, -0.2) is 14.5 Å². The van der Waals surface area contributed by atoms with Gasteiger partial charge in [0.1, 0.15) is 11.5 Å². The van der Waals surface area contributed by atoms with E-state index in [2.05, 4.69) is 9.97 Å². The lowest BCUT2D eigenvalue weighted by Crippen LogP contribution is -2.25. The van der Waals surface area contributed by atoms with Crippen molar-refractivity contribution in [3.63, 3.8) is 0 Å². The van der Waals surface area contributed by atoms with Gasteiger partial charge in [-0.25, -0.2) is 9.97 Å². The molecule has 0 fully saturated rings. The van der Waals surface area contributed by atoms with Gasteiger partial charge in [0.25, 0.3) is 5.56 Å². The molecule has 112 valence electrons. The maximum Gasteiger partial charge on any atom is 0.257 e. The van der Waals surface area contributed by atoms with Gasteiger partial charge in [-0.2, -0.15) is 0 Å². The molecular weight excluding hydrogens is 298 g/mol. The summed E-state index contributed by atoms with van der Waals surface area (Å²) in [6.07, 6.45) is 4.40. The molecule has 0 aromatic carbocycles. The lowest BCUT2D eigenvalue weighted by molar-refractivity contribution is 0.538. The Kier molecular flexibility index (Phi) is 3.18. The van der Waals surface area contributed by atoms with Crippen molar-refractivity contribution in [3.8, 4) is 10.8 Å². The van der Waals surface area contributed by atoms with Crippen LogP contribution in [0.15, 0.2) is 33.1 Å². The van der Waals surface area contributed by atoms with Crippen LogP contribution in [0, 0.1) is 6.92 Å². The van der Waals surface area contributed by atoms with Gasteiger partial charge in [-0.05, 0) is 37.6 Å². The van der Waals surface area contributed by atoms with Gasteiger partial charge in [-0.3, -0.25) is 9.36 Å². The summed E-state index contributed by atoms with van der Waals surface area (Å²) in [5.41, 5.74) is 2.66. The van der Waals surface area contributed by atoms with Gasteiger partial charge >= 0.3 is 0 Å². The van der Waals surface area contributed by atoms with Crippen LogP contribution in [0.25, 0.3) is 10.8 Å². The molecule has 6 heteroatoms. The molecule has 0 spiro atoms.